The van der Waals surface area contributed by atoms with Gasteiger partial charge in [-0.1, -0.05) is 18.5 Å². The molecule has 0 saturated heterocycles. The maximum atomic E-state index is 5.96. The first-order valence-corrected chi connectivity index (χ1v) is 6.48. The quantitative estimate of drug-likeness (QED) is 0.697. The molecule has 0 bridgehead atoms. The molecule has 0 amide bonds. The number of nitrogens with one attached hydrogen (secondary N) is 1. The highest BCUT2D eigenvalue weighted by Gasteiger charge is 2.04. The van der Waals surface area contributed by atoms with Crippen LogP contribution in [0, 0.1) is 4.77 Å². The maximum absolute atomic E-state index is 5.96. The lowest BCUT2D eigenvalue weighted by Gasteiger charge is -2.04. The van der Waals surface area contributed by atoms with Crippen LogP contribution in [-0.4, -0.2) is 28.2 Å². The molecule has 2 rings (SSSR count). The van der Waals surface area contributed by atoms with Crippen LogP contribution in [0.1, 0.15) is 18.3 Å². The van der Waals surface area contributed by atoms with Crippen molar-refractivity contribution in [1.82, 2.24) is 14.9 Å². The van der Waals surface area contributed by atoms with Gasteiger partial charge in [-0.05, 0) is 30.4 Å². The predicted molar refractivity (Wildman–Crippen MR) is 77.8 cm³/mol. The van der Waals surface area contributed by atoms with Gasteiger partial charge in [0.1, 0.15) is 5.75 Å². The summed E-state index contributed by atoms with van der Waals surface area (Å²) >= 11 is 11.1. The number of aryl methyl sites for hydroxylation is 1. The number of hydrogen-bond acceptors (Lipinski definition) is 4. The first kappa shape index (κ1) is 13.8. The molecule has 7 heteroatoms. The van der Waals surface area contributed by atoms with E-state index in [0.717, 1.165) is 17.8 Å². The molecule has 19 heavy (non-hydrogen) atoms. The van der Waals surface area contributed by atoms with E-state index in [1.54, 1.807) is 36.2 Å². The van der Waals surface area contributed by atoms with Crippen molar-refractivity contribution in [2.45, 2.75) is 13.3 Å². The zero-order valence-corrected chi connectivity index (χ0v) is 12.1. The Kier molecular flexibility index (Phi) is 4.34. The molecule has 0 fully saturated rings. The summed E-state index contributed by atoms with van der Waals surface area (Å²) in [6, 6.07) is 5.33. The first-order chi connectivity index (χ1) is 9.15. The molecule has 0 unspecified atom stereocenters. The minimum Gasteiger partial charge on any atom is -0.496 e. The molecule has 2 aromatic rings. The lowest BCUT2D eigenvalue weighted by molar-refractivity contribution is 0.414. The third kappa shape index (κ3) is 3.02. The van der Waals surface area contributed by atoms with Crippen LogP contribution < -0.4 is 4.74 Å². The van der Waals surface area contributed by atoms with Crippen molar-refractivity contribution >= 4 is 30.0 Å². The maximum Gasteiger partial charge on any atom is 0.216 e. The second-order valence-electron chi connectivity index (χ2n) is 3.74. The van der Waals surface area contributed by atoms with Gasteiger partial charge in [-0.3, -0.25) is 5.10 Å². The van der Waals surface area contributed by atoms with Crippen molar-refractivity contribution in [2.75, 3.05) is 7.11 Å². The summed E-state index contributed by atoms with van der Waals surface area (Å²) in [6.07, 6.45) is 2.38. The second kappa shape index (κ2) is 5.99. The highest BCUT2D eigenvalue weighted by Crippen LogP contribution is 2.20. The Morgan fingerprint density at radius 1 is 1.58 bits per heavy atom. The number of aromatic amines is 1. The van der Waals surface area contributed by atoms with E-state index < -0.39 is 0 Å². The third-order valence-corrected chi connectivity index (χ3v) is 3.04. The van der Waals surface area contributed by atoms with Crippen LogP contribution in [0.2, 0.25) is 5.02 Å². The smallest absolute Gasteiger partial charge is 0.216 e. The fourth-order valence-corrected chi connectivity index (χ4v) is 1.98. The van der Waals surface area contributed by atoms with Gasteiger partial charge in [0.2, 0.25) is 4.77 Å². The van der Waals surface area contributed by atoms with Gasteiger partial charge in [-0.15, -0.1) is 0 Å². The standard InChI is InChI=1S/C12H13ClN4OS/c1-3-11-15-16-12(19)17(11)14-7-8-6-9(13)4-5-10(8)18-2/h4-7H,3H2,1-2H3,(H,16,19)/b14-7-. The Morgan fingerprint density at radius 2 is 2.37 bits per heavy atom. The van der Waals surface area contributed by atoms with Crippen LogP contribution in [0.5, 0.6) is 5.75 Å². The molecule has 1 aromatic heterocycles. The molecular weight excluding hydrogens is 284 g/mol. The van der Waals surface area contributed by atoms with E-state index in [0.29, 0.717) is 15.5 Å². The highest BCUT2D eigenvalue weighted by atomic mass is 35.5. The summed E-state index contributed by atoms with van der Waals surface area (Å²) in [6.45, 7) is 1.98. The number of aromatic nitrogens is 3. The van der Waals surface area contributed by atoms with Crippen LogP contribution in [0.25, 0.3) is 0 Å². The van der Waals surface area contributed by atoms with Crippen LogP contribution in [-0.2, 0) is 6.42 Å². The SMILES string of the molecule is CCc1n[nH]c(=S)n1/N=C\c1cc(Cl)ccc1OC. The van der Waals surface area contributed by atoms with Crippen LogP contribution in [0.3, 0.4) is 0 Å². The zero-order chi connectivity index (χ0) is 13.8. The third-order valence-electron chi connectivity index (χ3n) is 2.54. The monoisotopic (exact) mass is 296 g/mol. The van der Waals surface area contributed by atoms with Crippen LogP contribution in [0.4, 0.5) is 0 Å². The van der Waals surface area contributed by atoms with Gasteiger partial charge in [-0.25, -0.2) is 0 Å². The number of rotatable bonds is 4. The van der Waals surface area contributed by atoms with Crippen molar-refractivity contribution in [3.05, 3.63) is 39.4 Å². The molecule has 1 N–H and O–H groups in total. The molecule has 0 aliphatic rings. The summed E-state index contributed by atoms with van der Waals surface area (Å²) in [4.78, 5) is 0. The first-order valence-electron chi connectivity index (χ1n) is 5.70. The molecule has 1 heterocycles. The molecule has 0 atom stereocenters. The number of hydrogen-bond donors (Lipinski definition) is 1. The molecule has 0 aliphatic heterocycles. The van der Waals surface area contributed by atoms with Gasteiger partial charge in [0, 0.05) is 17.0 Å². The predicted octanol–water partition coefficient (Wildman–Crippen LogP) is 3.05. The number of benzene rings is 1. The number of ether oxygens (including phenoxy) is 1. The Hall–Kier alpha value is -1.66. The molecule has 0 aliphatic carbocycles. The lowest BCUT2D eigenvalue weighted by atomic mass is 10.2. The van der Waals surface area contributed by atoms with Crippen molar-refractivity contribution in [2.24, 2.45) is 5.10 Å². The van der Waals surface area contributed by atoms with E-state index in [1.165, 1.54) is 0 Å². The number of methoxy groups -OCH3 is 1. The molecule has 1 aromatic carbocycles. The minimum absolute atomic E-state index is 0.453. The summed E-state index contributed by atoms with van der Waals surface area (Å²) in [5.74, 6) is 1.46. The molecule has 0 radical (unpaired) electrons. The summed E-state index contributed by atoms with van der Waals surface area (Å²) < 4.78 is 7.28. The molecule has 5 nitrogen and oxygen atoms in total. The summed E-state index contributed by atoms with van der Waals surface area (Å²) in [7, 11) is 1.60. The van der Waals surface area contributed by atoms with Gasteiger partial charge in [0.05, 0.1) is 13.3 Å². The fraction of sp³-hybridized carbons (Fsp3) is 0.250. The average Bonchev–Trinajstić information content (AvgIpc) is 2.77. The topological polar surface area (TPSA) is 55.2 Å². The van der Waals surface area contributed by atoms with Crippen molar-refractivity contribution in [3.63, 3.8) is 0 Å². The van der Waals surface area contributed by atoms with Gasteiger partial charge in [0.15, 0.2) is 5.82 Å². The largest absolute Gasteiger partial charge is 0.496 e. The molecule has 100 valence electrons. The van der Waals surface area contributed by atoms with Crippen LogP contribution in [0.15, 0.2) is 23.3 Å². The normalized spacial score (nSPS) is 11.1. The Morgan fingerprint density at radius 3 is 3.05 bits per heavy atom. The van der Waals surface area contributed by atoms with E-state index in [2.05, 4.69) is 15.3 Å². The van der Waals surface area contributed by atoms with Gasteiger partial charge in [-0.2, -0.15) is 14.9 Å². The lowest BCUT2D eigenvalue weighted by Crippen LogP contribution is -1.98. The zero-order valence-electron chi connectivity index (χ0n) is 10.6. The molecular formula is C12H13ClN4OS. The van der Waals surface area contributed by atoms with Gasteiger partial charge >= 0.3 is 0 Å². The van der Waals surface area contributed by atoms with E-state index in [9.17, 15) is 0 Å². The molecule has 0 spiro atoms. The van der Waals surface area contributed by atoms with E-state index >= 15 is 0 Å². The highest BCUT2D eigenvalue weighted by molar-refractivity contribution is 7.71. The minimum atomic E-state index is 0.453. The fourth-order valence-electron chi connectivity index (χ4n) is 1.60. The second-order valence-corrected chi connectivity index (χ2v) is 4.56. The van der Waals surface area contributed by atoms with E-state index in [1.807, 2.05) is 6.92 Å². The van der Waals surface area contributed by atoms with E-state index in [-0.39, 0.29) is 0 Å². The van der Waals surface area contributed by atoms with Gasteiger partial charge < -0.3 is 4.74 Å². The number of H-pyrrole nitrogens is 1. The van der Waals surface area contributed by atoms with Crippen LogP contribution >= 0.6 is 23.8 Å². The van der Waals surface area contributed by atoms with E-state index in [4.69, 9.17) is 28.6 Å². The Labute approximate surface area is 120 Å². The summed E-state index contributed by atoms with van der Waals surface area (Å²) in [5, 5.41) is 11.7. The number of halogens is 1. The van der Waals surface area contributed by atoms with Crippen molar-refractivity contribution < 1.29 is 4.74 Å². The number of nitrogens with zero attached hydrogens (tertiary/aromatic N) is 3. The molecule has 0 saturated carbocycles. The van der Waals surface area contributed by atoms with Crippen molar-refractivity contribution in [1.29, 1.82) is 0 Å². The van der Waals surface area contributed by atoms with Crippen molar-refractivity contribution in [3.8, 4) is 5.75 Å². The van der Waals surface area contributed by atoms with Gasteiger partial charge in [0.25, 0.3) is 0 Å². The summed E-state index contributed by atoms with van der Waals surface area (Å²) in [5.41, 5.74) is 0.778. The Balaban J connectivity index is 2.40. The Bertz CT molecular complexity index is 662. The average molecular weight is 297 g/mol.